The third-order valence-corrected chi connectivity index (χ3v) is 4.09. The number of benzene rings is 1. The van der Waals surface area contributed by atoms with Crippen molar-refractivity contribution >= 4 is 17.5 Å². The summed E-state index contributed by atoms with van der Waals surface area (Å²) < 4.78 is 0. The van der Waals surface area contributed by atoms with E-state index in [9.17, 15) is 9.59 Å². The van der Waals surface area contributed by atoms with Crippen molar-refractivity contribution in [1.82, 2.24) is 4.90 Å². The van der Waals surface area contributed by atoms with Crippen molar-refractivity contribution in [3.8, 4) is 0 Å². The number of rotatable bonds is 1. The fourth-order valence-corrected chi connectivity index (χ4v) is 3.09. The van der Waals surface area contributed by atoms with E-state index in [0.717, 1.165) is 19.3 Å². The van der Waals surface area contributed by atoms with Gasteiger partial charge in [0, 0.05) is 11.7 Å². The predicted octanol–water partition coefficient (Wildman–Crippen LogP) is 2.05. The van der Waals surface area contributed by atoms with E-state index in [0.29, 0.717) is 22.7 Å². The number of carbonyl (C=O) groups is 2. The smallest absolute Gasteiger partial charge is 0.261 e. The molecule has 0 bridgehead atoms. The van der Waals surface area contributed by atoms with Crippen LogP contribution in [0, 0.1) is 5.92 Å². The second-order valence-corrected chi connectivity index (χ2v) is 5.26. The Balaban J connectivity index is 2.01. The molecule has 2 atom stereocenters. The number of nitrogens with two attached hydrogens (primary N) is 1. The number of nitrogen functional groups attached to an aromatic ring is 1. The molecule has 1 heterocycles. The van der Waals surface area contributed by atoms with Crippen LogP contribution in [0.3, 0.4) is 0 Å². The maximum atomic E-state index is 12.3. The van der Waals surface area contributed by atoms with Crippen LogP contribution in [0.5, 0.6) is 0 Å². The molecule has 2 N–H and O–H groups in total. The van der Waals surface area contributed by atoms with E-state index in [1.807, 2.05) is 0 Å². The molecule has 1 fully saturated rings. The summed E-state index contributed by atoms with van der Waals surface area (Å²) in [5.41, 5.74) is 7.16. The standard InChI is InChI=1S/C14H16N2O2/c1-8-3-2-4-12(8)16-13(17)10-6-5-9(15)7-11(10)14(16)18/h5-8,12H,2-4,15H2,1H3. The summed E-state index contributed by atoms with van der Waals surface area (Å²) in [7, 11) is 0. The Hall–Kier alpha value is -1.84. The Kier molecular flexibility index (Phi) is 2.40. The van der Waals surface area contributed by atoms with Crippen LogP contribution in [-0.2, 0) is 0 Å². The van der Waals surface area contributed by atoms with Crippen LogP contribution >= 0.6 is 0 Å². The summed E-state index contributed by atoms with van der Waals surface area (Å²) in [5, 5.41) is 0. The molecule has 1 aliphatic heterocycles. The minimum atomic E-state index is -0.180. The van der Waals surface area contributed by atoms with E-state index in [2.05, 4.69) is 6.92 Å². The molecule has 4 heteroatoms. The number of imide groups is 1. The molecule has 4 nitrogen and oxygen atoms in total. The SMILES string of the molecule is CC1CCCC1N1C(=O)c2ccc(N)cc2C1=O. The molecule has 1 aromatic carbocycles. The van der Waals surface area contributed by atoms with E-state index >= 15 is 0 Å². The van der Waals surface area contributed by atoms with Gasteiger partial charge < -0.3 is 5.73 Å². The number of carbonyl (C=O) groups excluding carboxylic acids is 2. The zero-order valence-corrected chi connectivity index (χ0v) is 10.3. The van der Waals surface area contributed by atoms with Gasteiger partial charge in [0.1, 0.15) is 0 Å². The summed E-state index contributed by atoms with van der Waals surface area (Å²) in [6.45, 7) is 2.11. The van der Waals surface area contributed by atoms with Crippen molar-refractivity contribution < 1.29 is 9.59 Å². The maximum absolute atomic E-state index is 12.3. The van der Waals surface area contributed by atoms with Crippen molar-refractivity contribution in [3.63, 3.8) is 0 Å². The van der Waals surface area contributed by atoms with Crippen LogP contribution in [-0.4, -0.2) is 22.8 Å². The fraction of sp³-hybridized carbons (Fsp3) is 0.429. The summed E-state index contributed by atoms with van der Waals surface area (Å²) in [4.78, 5) is 26.1. The molecular weight excluding hydrogens is 228 g/mol. The molecule has 3 rings (SSSR count). The van der Waals surface area contributed by atoms with Crippen molar-refractivity contribution in [1.29, 1.82) is 0 Å². The van der Waals surface area contributed by atoms with Crippen LogP contribution in [0.25, 0.3) is 0 Å². The van der Waals surface area contributed by atoms with Gasteiger partial charge in [0.2, 0.25) is 0 Å². The summed E-state index contributed by atoms with van der Waals surface area (Å²) in [6.07, 6.45) is 3.09. The van der Waals surface area contributed by atoms with E-state index in [1.165, 1.54) is 4.90 Å². The van der Waals surface area contributed by atoms with Crippen LogP contribution < -0.4 is 5.73 Å². The highest BCUT2D eigenvalue weighted by Gasteiger charge is 2.43. The van der Waals surface area contributed by atoms with E-state index in [4.69, 9.17) is 5.73 Å². The number of hydrogen-bond acceptors (Lipinski definition) is 3. The molecule has 0 radical (unpaired) electrons. The van der Waals surface area contributed by atoms with Gasteiger partial charge in [-0.25, -0.2) is 0 Å². The molecule has 2 amide bonds. The molecule has 2 aliphatic rings. The van der Waals surface area contributed by atoms with Crippen molar-refractivity contribution in [3.05, 3.63) is 29.3 Å². The number of amides is 2. The second kappa shape index (κ2) is 3.83. The largest absolute Gasteiger partial charge is 0.399 e. The van der Waals surface area contributed by atoms with Crippen molar-refractivity contribution in [2.75, 3.05) is 5.73 Å². The lowest BCUT2D eigenvalue weighted by molar-refractivity contribution is 0.0555. The lowest BCUT2D eigenvalue weighted by atomic mass is 10.1. The Morgan fingerprint density at radius 3 is 2.56 bits per heavy atom. The first-order valence-electron chi connectivity index (χ1n) is 6.37. The normalized spacial score (nSPS) is 26.8. The van der Waals surface area contributed by atoms with E-state index in [1.54, 1.807) is 18.2 Å². The van der Waals surface area contributed by atoms with Crippen molar-refractivity contribution in [2.24, 2.45) is 5.92 Å². The van der Waals surface area contributed by atoms with Gasteiger partial charge in [-0.15, -0.1) is 0 Å². The second-order valence-electron chi connectivity index (χ2n) is 5.26. The zero-order valence-electron chi connectivity index (χ0n) is 10.3. The number of nitrogens with zero attached hydrogens (tertiary/aromatic N) is 1. The van der Waals surface area contributed by atoms with Gasteiger partial charge >= 0.3 is 0 Å². The Labute approximate surface area is 106 Å². The first kappa shape index (κ1) is 11.3. The zero-order chi connectivity index (χ0) is 12.9. The van der Waals surface area contributed by atoms with Crippen LogP contribution in [0.15, 0.2) is 18.2 Å². The highest BCUT2D eigenvalue weighted by atomic mass is 16.2. The molecule has 94 valence electrons. The minimum absolute atomic E-state index is 0.0543. The van der Waals surface area contributed by atoms with Gasteiger partial charge in [-0.2, -0.15) is 0 Å². The van der Waals surface area contributed by atoms with Crippen LogP contribution in [0.4, 0.5) is 5.69 Å². The summed E-state index contributed by atoms with van der Waals surface area (Å²) in [5.74, 6) is 0.0550. The van der Waals surface area contributed by atoms with Crippen LogP contribution in [0.2, 0.25) is 0 Å². The summed E-state index contributed by atoms with van der Waals surface area (Å²) >= 11 is 0. The molecule has 1 saturated carbocycles. The average molecular weight is 244 g/mol. The van der Waals surface area contributed by atoms with E-state index < -0.39 is 0 Å². The molecule has 0 spiro atoms. The molecule has 0 saturated heterocycles. The van der Waals surface area contributed by atoms with Gasteiger partial charge in [0.05, 0.1) is 11.1 Å². The van der Waals surface area contributed by atoms with E-state index in [-0.39, 0.29) is 17.9 Å². The lowest BCUT2D eigenvalue weighted by Crippen LogP contribution is -2.41. The predicted molar refractivity (Wildman–Crippen MR) is 68.2 cm³/mol. The number of fused-ring (bicyclic) bond motifs is 1. The highest BCUT2D eigenvalue weighted by Crippen LogP contribution is 2.35. The molecule has 0 aromatic heterocycles. The average Bonchev–Trinajstić information content (AvgIpc) is 2.84. The molecular formula is C14H16N2O2. The minimum Gasteiger partial charge on any atom is -0.399 e. The van der Waals surface area contributed by atoms with Gasteiger partial charge in [-0.05, 0) is 37.0 Å². The topological polar surface area (TPSA) is 63.4 Å². The van der Waals surface area contributed by atoms with Gasteiger partial charge in [-0.3, -0.25) is 14.5 Å². The molecule has 1 aromatic rings. The quantitative estimate of drug-likeness (QED) is 0.607. The molecule has 18 heavy (non-hydrogen) atoms. The van der Waals surface area contributed by atoms with Gasteiger partial charge in [0.15, 0.2) is 0 Å². The monoisotopic (exact) mass is 244 g/mol. The number of anilines is 1. The lowest BCUT2D eigenvalue weighted by Gasteiger charge is -2.25. The van der Waals surface area contributed by atoms with Gasteiger partial charge in [0.25, 0.3) is 11.8 Å². The fourth-order valence-electron chi connectivity index (χ4n) is 3.09. The van der Waals surface area contributed by atoms with Gasteiger partial charge in [-0.1, -0.05) is 13.3 Å². The third kappa shape index (κ3) is 1.45. The Morgan fingerprint density at radius 2 is 1.89 bits per heavy atom. The molecule has 1 aliphatic carbocycles. The first-order valence-corrected chi connectivity index (χ1v) is 6.37. The summed E-state index contributed by atoms with van der Waals surface area (Å²) in [6, 6.07) is 4.99. The third-order valence-electron chi connectivity index (χ3n) is 4.09. The maximum Gasteiger partial charge on any atom is 0.261 e. The number of hydrogen-bond donors (Lipinski definition) is 1. The first-order chi connectivity index (χ1) is 8.59. The highest BCUT2D eigenvalue weighted by molar-refractivity contribution is 6.21. The van der Waals surface area contributed by atoms with Crippen LogP contribution in [0.1, 0.15) is 46.9 Å². The Morgan fingerprint density at radius 1 is 1.17 bits per heavy atom. The Bertz CT molecular complexity index is 539. The molecule has 2 unspecified atom stereocenters. The van der Waals surface area contributed by atoms with Crippen molar-refractivity contribution in [2.45, 2.75) is 32.2 Å².